The average molecular weight is 291 g/mol. The molecule has 9 heteroatoms. The smallest absolute Gasteiger partial charge is 0.313 e. The number of ether oxygens (including phenoxy) is 3. The van der Waals surface area contributed by atoms with Gasteiger partial charge >= 0.3 is 11.9 Å². The maximum Gasteiger partial charge on any atom is 0.313 e. The molecule has 0 N–H and O–H groups in total. The van der Waals surface area contributed by atoms with Crippen LogP contribution < -0.4 is 0 Å². The first kappa shape index (κ1) is 12.8. The van der Waals surface area contributed by atoms with Crippen LogP contribution in [0.5, 0.6) is 0 Å². The fourth-order valence-electron chi connectivity index (χ4n) is 2.95. The van der Waals surface area contributed by atoms with Gasteiger partial charge in [0.05, 0.1) is 27.9 Å². The molecule has 0 aromatic carbocycles. The van der Waals surface area contributed by atoms with Crippen molar-refractivity contribution in [2.45, 2.75) is 24.7 Å². The molecule has 3 heterocycles. The minimum Gasteiger partial charge on any atom is -0.748 e. The number of hydrogen-bond donors (Lipinski definition) is 0. The fraction of sp³-hybridized carbons (Fsp3) is 0.800. The monoisotopic (exact) mass is 291 g/mol. The summed E-state index contributed by atoms with van der Waals surface area (Å²) in [5.74, 6) is -3.39. The molecule has 0 radical (unpaired) electrons. The van der Waals surface area contributed by atoms with Crippen molar-refractivity contribution >= 4 is 22.1 Å². The van der Waals surface area contributed by atoms with Crippen LogP contribution in [0.15, 0.2) is 0 Å². The van der Waals surface area contributed by atoms with Crippen molar-refractivity contribution in [3.63, 3.8) is 0 Å². The summed E-state index contributed by atoms with van der Waals surface area (Å²) < 4.78 is 46.5. The van der Waals surface area contributed by atoms with E-state index >= 15 is 0 Å². The first-order chi connectivity index (χ1) is 8.87. The molecule has 3 aliphatic heterocycles. The Kier molecular flexibility index (Phi) is 2.80. The molecule has 19 heavy (non-hydrogen) atoms. The number of rotatable bonds is 4. The molecule has 0 aromatic rings. The van der Waals surface area contributed by atoms with Gasteiger partial charge in [-0.05, 0) is 0 Å². The van der Waals surface area contributed by atoms with Crippen LogP contribution in [-0.2, 0) is 33.9 Å². The molecule has 3 fully saturated rings. The normalized spacial score (nSPS) is 39.4. The molecule has 0 amide bonds. The Morgan fingerprint density at radius 2 is 2.16 bits per heavy atom. The molecule has 0 aliphatic carbocycles. The van der Waals surface area contributed by atoms with Crippen LogP contribution in [0, 0.1) is 11.8 Å². The number of fused-ring (bicyclic) bond motifs is 1. The Bertz CT molecular complexity index is 524. The SMILES string of the molecule is O=C(OCCS(=O)(=O)[O-])C1C2CC3OC(=O)C1C3O2. The molecule has 106 valence electrons. The Morgan fingerprint density at radius 1 is 1.42 bits per heavy atom. The van der Waals surface area contributed by atoms with E-state index in [0.29, 0.717) is 6.42 Å². The van der Waals surface area contributed by atoms with E-state index < -0.39 is 58.5 Å². The lowest BCUT2D eigenvalue weighted by atomic mass is 9.80. The summed E-state index contributed by atoms with van der Waals surface area (Å²) in [5, 5.41) is 0. The maximum absolute atomic E-state index is 11.8. The zero-order valence-electron chi connectivity index (χ0n) is 9.68. The molecule has 2 bridgehead atoms. The molecular formula is C10H11O8S-. The molecule has 5 unspecified atom stereocenters. The van der Waals surface area contributed by atoms with Crippen molar-refractivity contribution in [2.24, 2.45) is 11.8 Å². The molecular weight excluding hydrogens is 280 g/mol. The lowest BCUT2D eigenvalue weighted by Gasteiger charge is -2.19. The first-order valence-corrected chi connectivity index (χ1v) is 7.41. The van der Waals surface area contributed by atoms with Gasteiger partial charge in [0.1, 0.15) is 24.7 Å². The van der Waals surface area contributed by atoms with E-state index in [2.05, 4.69) is 0 Å². The van der Waals surface area contributed by atoms with Gasteiger partial charge in [0.15, 0.2) is 0 Å². The Hall–Kier alpha value is -1.19. The quantitative estimate of drug-likeness (QED) is 0.449. The Labute approximate surface area is 108 Å². The second kappa shape index (κ2) is 4.15. The van der Waals surface area contributed by atoms with Crippen molar-refractivity contribution in [2.75, 3.05) is 12.4 Å². The van der Waals surface area contributed by atoms with Crippen LogP contribution in [0.1, 0.15) is 6.42 Å². The summed E-state index contributed by atoms with van der Waals surface area (Å²) in [4.78, 5) is 23.4. The van der Waals surface area contributed by atoms with Crippen LogP contribution >= 0.6 is 0 Å². The second-order valence-corrected chi connectivity index (χ2v) is 6.35. The highest BCUT2D eigenvalue weighted by Crippen LogP contribution is 2.50. The number of esters is 2. The van der Waals surface area contributed by atoms with Gasteiger partial charge in [-0.15, -0.1) is 0 Å². The topological polar surface area (TPSA) is 119 Å². The summed E-state index contributed by atoms with van der Waals surface area (Å²) >= 11 is 0. The first-order valence-electron chi connectivity index (χ1n) is 5.83. The standard InChI is InChI=1S/C10H12O8S/c11-9(16-1-2-19(13,14)15)6-4-3-5-8(17-4)7(6)10(12)18-5/h4-8H,1-3H2,(H,13,14,15)/p-1. The van der Waals surface area contributed by atoms with Crippen molar-refractivity contribution in [3.8, 4) is 0 Å². The minimum atomic E-state index is -4.43. The molecule has 5 atom stereocenters. The van der Waals surface area contributed by atoms with Crippen LogP contribution in [0.25, 0.3) is 0 Å². The third-order valence-corrected chi connectivity index (χ3v) is 4.36. The third-order valence-electron chi connectivity index (χ3n) is 3.69. The van der Waals surface area contributed by atoms with E-state index in [1.807, 2.05) is 0 Å². The van der Waals surface area contributed by atoms with E-state index in [1.165, 1.54) is 0 Å². The van der Waals surface area contributed by atoms with E-state index in [4.69, 9.17) is 14.2 Å². The average Bonchev–Trinajstić information content (AvgIpc) is 2.86. The highest BCUT2D eigenvalue weighted by molar-refractivity contribution is 7.85. The predicted octanol–water partition coefficient (Wildman–Crippen LogP) is -1.60. The summed E-state index contributed by atoms with van der Waals surface area (Å²) in [6.07, 6.45) is -0.665. The van der Waals surface area contributed by atoms with E-state index in [0.717, 1.165) is 0 Å². The van der Waals surface area contributed by atoms with Crippen molar-refractivity contribution < 1.29 is 36.8 Å². The van der Waals surface area contributed by atoms with Gasteiger partial charge in [-0.1, -0.05) is 0 Å². The van der Waals surface area contributed by atoms with Crippen molar-refractivity contribution in [3.05, 3.63) is 0 Å². The number of hydrogen-bond acceptors (Lipinski definition) is 8. The van der Waals surface area contributed by atoms with Gasteiger partial charge in [-0.2, -0.15) is 0 Å². The summed E-state index contributed by atoms with van der Waals surface area (Å²) in [7, 11) is -4.43. The zero-order valence-corrected chi connectivity index (χ0v) is 10.5. The second-order valence-electron chi connectivity index (χ2n) is 4.83. The lowest BCUT2D eigenvalue weighted by Crippen LogP contribution is -2.37. The van der Waals surface area contributed by atoms with Gasteiger partial charge < -0.3 is 18.8 Å². The number of carbonyl (C=O) groups is 2. The predicted molar refractivity (Wildman–Crippen MR) is 55.7 cm³/mol. The van der Waals surface area contributed by atoms with E-state index in [9.17, 15) is 22.6 Å². The third kappa shape index (κ3) is 2.11. The summed E-state index contributed by atoms with van der Waals surface area (Å²) in [6.45, 7) is -0.510. The van der Waals surface area contributed by atoms with E-state index in [-0.39, 0.29) is 6.10 Å². The Morgan fingerprint density at radius 3 is 2.84 bits per heavy atom. The molecule has 0 saturated carbocycles. The fourth-order valence-corrected chi connectivity index (χ4v) is 3.24. The lowest BCUT2D eigenvalue weighted by molar-refractivity contribution is -0.155. The molecule has 8 nitrogen and oxygen atoms in total. The van der Waals surface area contributed by atoms with Crippen LogP contribution in [0.4, 0.5) is 0 Å². The highest BCUT2D eigenvalue weighted by Gasteiger charge is 2.66. The van der Waals surface area contributed by atoms with Gasteiger partial charge in [-0.25, -0.2) is 8.42 Å². The van der Waals surface area contributed by atoms with Gasteiger partial charge in [0.2, 0.25) is 0 Å². The van der Waals surface area contributed by atoms with Crippen LogP contribution in [0.3, 0.4) is 0 Å². The molecule has 3 aliphatic rings. The minimum absolute atomic E-state index is 0.284. The van der Waals surface area contributed by atoms with Gasteiger partial charge in [0.25, 0.3) is 0 Å². The summed E-state index contributed by atoms with van der Waals surface area (Å²) in [5.41, 5.74) is 0. The highest BCUT2D eigenvalue weighted by atomic mass is 32.2. The van der Waals surface area contributed by atoms with Crippen molar-refractivity contribution in [1.29, 1.82) is 0 Å². The molecule has 3 saturated heterocycles. The van der Waals surface area contributed by atoms with Gasteiger partial charge in [0, 0.05) is 6.42 Å². The largest absolute Gasteiger partial charge is 0.748 e. The zero-order chi connectivity index (χ0) is 13.8. The molecule has 0 spiro atoms. The maximum atomic E-state index is 11.8. The number of carbonyl (C=O) groups excluding carboxylic acids is 2. The molecule has 3 rings (SSSR count). The summed E-state index contributed by atoms with van der Waals surface area (Å²) in [6, 6.07) is 0. The Balaban J connectivity index is 1.63. The van der Waals surface area contributed by atoms with Crippen molar-refractivity contribution in [1.82, 2.24) is 0 Å². The van der Waals surface area contributed by atoms with Crippen LogP contribution in [0.2, 0.25) is 0 Å². The van der Waals surface area contributed by atoms with Crippen LogP contribution in [-0.4, -0.2) is 55.6 Å². The van der Waals surface area contributed by atoms with E-state index in [1.54, 1.807) is 0 Å². The molecule has 0 aromatic heterocycles. The van der Waals surface area contributed by atoms with Gasteiger partial charge in [-0.3, -0.25) is 9.59 Å².